The molecule has 0 aliphatic carbocycles. The number of fused-ring (bicyclic) bond motifs is 1. The first kappa shape index (κ1) is 28.7. The highest BCUT2D eigenvalue weighted by atomic mass is 32.2. The number of rotatable bonds is 5. The predicted molar refractivity (Wildman–Crippen MR) is 136 cm³/mol. The summed E-state index contributed by atoms with van der Waals surface area (Å²) in [5, 5.41) is 2.45. The van der Waals surface area contributed by atoms with Gasteiger partial charge in [-0.2, -0.15) is 21.6 Å². The third-order valence-electron chi connectivity index (χ3n) is 6.80. The van der Waals surface area contributed by atoms with Crippen molar-refractivity contribution in [3.63, 3.8) is 0 Å². The highest BCUT2D eigenvalue weighted by Crippen LogP contribution is 2.48. The third-order valence-corrected chi connectivity index (χ3v) is 8.08. The van der Waals surface area contributed by atoms with Crippen molar-refractivity contribution < 1.29 is 35.1 Å². The molecule has 2 aliphatic heterocycles. The van der Waals surface area contributed by atoms with Gasteiger partial charge in [0.2, 0.25) is 5.96 Å². The van der Waals surface area contributed by atoms with E-state index in [9.17, 15) is 26.0 Å². The number of nitrogens with one attached hydrogen (secondary N) is 1. The van der Waals surface area contributed by atoms with E-state index < -0.39 is 50.7 Å². The van der Waals surface area contributed by atoms with Gasteiger partial charge >= 0.3 is 6.18 Å². The first-order chi connectivity index (χ1) is 18.4. The molecule has 2 aromatic rings. The van der Waals surface area contributed by atoms with Crippen LogP contribution >= 0.6 is 0 Å². The summed E-state index contributed by atoms with van der Waals surface area (Å²) in [7, 11) is -4.56. The first-order valence-electron chi connectivity index (χ1n) is 12.2. The Kier molecular flexibility index (Phi) is 8.40. The molecule has 3 atom stereocenters. The van der Waals surface area contributed by atoms with Crippen LogP contribution in [0.4, 0.5) is 22.0 Å². The summed E-state index contributed by atoms with van der Waals surface area (Å²) in [6.07, 6.45) is -2.01. The van der Waals surface area contributed by atoms with Gasteiger partial charge in [-0.25, -0.2) is 13.8 Å². The number of sulfonamides is 1. The molecule has 0 unspecified atom stereocenters. The Balaban J connectivity index is 1.73. The molecule has 1 saturated heterocycles. The van der Waals surface area contributed by atoms with Gasteiger partial charge in [-0.3, -0.25) is 4.90 Å². The summed E-state index contributed by atoms with van der Waals surface area (Å²) >= 11 is 0. The minimum atomic E-state index is -4.56. The zero-order chi connectivity index (χ0) is 28.4. The van der Waals surface area contributed by atoms with Crippen molar-refractivity contribution in [3.05, 3.63) is 71.9 Å². The number of benzene rings is 2. The predicted octanol–water partition coefficient (Wildman–Crippen LogP) is 5.67. The molecular formula is C26H27F5N4O3S. The fourth-order valence-corrected chi connectivity index (χ4v) is 6.03. The number of hydrogen-bond donors (Lipinski definition) is 1. The topological polar surface area (TPSA) is 83.4 Å². The number of aliphatic imine (C=N–C) groups is 1. The monoisotopic (exact) mass is 570 g/mol. The molecule has 1 N–H and O–H groups in total. The van der Waals surface area contributed by atoms with Gasteiger partial charge in [-0.15, -0.1) is 4.40 Å². The minimum Gasteiger partial charge on any atom is -0.493 e. The molecule has 4 rings (SSSR count). The van der Waals surface area contributed by atoms with Crippen molar-refractivity contribution in [1.29, 1.82) is 0 Å². The number of likely N-dealkylation sites (tertiary alicyclic amines) is 1. The smallest absolute Gasteiger partial charge is 0.391 e. The van der Waals surface area contributed by atoms with Crippen LogP contribution in [0.5, 0.6) is 5.75 Å². The van der Waals surface area contributed by atoms with E-state index in [0.717, 1.165) is 18.3 Å². The van der Waals surface area contributed by atoms with Crippen LogP contribution in [0, 0.1) is 17.6 Å². The molecule has 0 saturated carbocycles. The molecule has 210 valence electrons. The Morgan fingerprint density at radius 2 is 1.87 bits per heavy atom. The lowest BCUT2D eigenvalue weighted by Gasteiger charge is -2.46. The number of hydrogen-bond acceptors (Lipinski definition) is 4. The molecule has 0 bridgehead atoms. The maximum Gasteiger partial charge on any atom is 0.391 e. The van der Waals surface area contributed by atoms with Gasteiger partial charge in [0.05, 0.1) is 12.5 Å². The number of halogens is 5. The van der Waals surface area contributed by atoms with Gasteiger partial charge in [-0.1, -0.05) is 18.7 Å². The normalized spacial score (nSPS) is 22.8. The van der Waals surface area contributed by atoms with E-state index in [-0.39, 0.29) is 37.7 Å². The Bertz CT molecular complexity index is 1380. The van der Waals surface area contributed by atoms with Gasteiger partial charge < -0.3 is 10.1 Å². The van der Waals surface area contributed by atoms with Crippen molar-refractivity contribution in [2.75, 3.05) is 13.2 Å². The number of guanidine groups is 1. The lowest BCUT2D eigenvalue weighted by Crippen LogP contribution is -2.44. The summed E-state index contributed by atoms with van der Waals surface area (Å²) in [5.41, 5.74) is 0.821. The van der Waals surface area contributed by atoms with Crippen molar-refractivity contribution in [2.24, 2.45) is 15.3 Å². The standard InChI is InChI=1S/C26H27F5N4O3S/c1-3-32-25(33-4-2)34-39(36,37)24-15-23-19(14-20(24)28)21(10-12-38-23)35-11-9-17(26(29,30)31)13-22(35)16-5-7-18(27)8-6-16/h3-8,14-15,17,21-22H,1,9-13H2,2H3,(H,32,34)/t17-,21+,22+/m1/s1. The van der Waals surface area contributed by atoms with E-state index in [0.29, 0.717) is 17.5 Å². The lowest BCUT2D eigenvalue weighted by molar-refractivity contribution is -0.192. The Morgan fingerprint density at radius 3 is 2.51 bits per heavy atom. The fourth-order valence-electron chi connectivity index (χ4n) is 5.04. The number of alkyl halides is 3. The second kappa shape index (κ2) is 11.4. The largest absolute Gasteiger partial charge is 0.493 e. The van der Waals surface area contributed by atoms with E-state index in [4.69, 9.17) is 4.74 Å². The average Bonchev–Trinajstić information content (AvgIpc) is 2.87. The third kappa shape index (κ3) is 6.30. The summed E-state index contributed by atoms with van der Waals surface area (Å²) < 4.78 is 105. The van der Waals surface area contributed by atoms with Gasteiger partial charge in [-0.05, 0) is 56.3 Å². The SMILES string of the molecule is C=CNC(N=CC)=NS(=O)(=O)c1cc2c(cc1F)[C@@H](N1CC[C@@H](C(F)(F)F)C[C@H]1c1ccc(F)cc1)CCO2. The molecule has 2 aromatic carbocycles. The molecular weight excluding hydrogens is 543 g/mol. The summed E-state index contributed by atoms with van der Waals surface area (Å²) in [4.78, 5) is 4.88. The van der Waals surface area contributed by atoms with Crippen LogP contribution in [0.1, 0.15) is 49.4 Å². The molecule has 13 heteroatoms. The van der Waals surface area contributed by atoms with Crippen LogP contribution in [-0.2, 0) is 10.0 Å². The summed E-state index contributed by atoms with van der Waals surface area (Å²) in [5.74, 6) is -3.38. The van der Waals surface area contributed by atoms with E-state index in [1.807, 2.05) is 4.90 Å². The Morgan fingerprint density at radius 1 is 1.15 bits per heavy atom. The molecule has 0 aromatic heterocycles. The summed E-state index contributed by atoms with van der Waals surface area (Å²) in [6.45, 7) is 5.14. The highest BCUT2D eigenvalue weighted by molar-refractivity contribution is 7.90. The molecule has 2 aliphatic rings. The fraction of sp³-hybridized carbons (Fsp3) is 0.385. The van der Waals surface area contributed by atoms with Gasteiger partial charge in [0.25, 0.3) is 10.0 Å². The maximum atomic E-state index is 15.3. The molecule has 2 heterocycles. The summed E-state index contributed by atoms with van der Waals surface area (Å²) in [6, 6.07) is 6.07. The van der Waals surface area contributed by atoms with Crippen LogP contribution < -0.4 is 10.1 Å². The Hall–Kier alpha value is -3.32. The van der Waals surface area contributed by atoms with Gasteiger partial charge in [0, 0.05) is 36.3 Å². The minimum absolute atomic E-state index is 0.0495. The molecule has 0 radical (unpaired) electrons. The van der Waals surface area contributed by atoms with Crippen molar-refractivity contribution in [2.45, 2.75) is 49.3 Å². The number of ether oxygens (including phenoxy) is 1. The average molecular weight is 571 g/mol. The molecule has 39 heavy (non-hydrogen) atoms. The van der Waals surface area contributed by atoms with E-state index in [1.165, 1.54) is 37.4 Å². The number of nitrogens with zero attached hydrogens (tertiary/aromatic N) is 3. The van der Waals surface area contributed by atoms with Crippen LogP contribution in [0.25, 0.3) is 0 Å². The van der Waals surface area contributed by atoms with E-state index >= 15 is 4.39 Å². The van der Waals surface area contributed by atoms with Crippen molar-refractivity contribution in [3.8, 4) is 5.75 Å². The van der Waals surface area contributed by atoms with Gasteiger partial charge in [0.1, 0.15) is 22.3 Å². The molecule has 7 nitrogen and oxygen atoms in total. The van der Waals surface area contributed by atoms with Crippen LogP contribution in [0.2, 0.25) is 0 Å². The van der Waals surface area contributed by atoms with Crippen LogP contribution in [-0.4, -0.2) is 44.8 Å². The van der Waals surface area contributed by atoms with Crippen LogP contribution in [0.3, 0.4) is 0 Å². The van der Waals surface area contributed by atoms with Gasteiger partial charge in [0.15, 0.2) is 0 Å². The molecule has 0 spiro atoms. The quantitative estimate of drug-likeness (QED) is 0.285. The van der Waals surface area contributed by atoms with E-state index in [2.05, 4.69) is 21.3 Å². The highest BCUT2D eigenvalue weighted by Gasteiger charge is 2.46. The zero-order valence-corrected chi connectivity index (χ0v) is 21.8. The Labute approximate surface area is 223 Å². The van der Waals surface area contributed by atoms with Crippen molar-refractivity contribution in [1.82, 2.24) is 10.2 Å². The molecule has 1 fully saturated rings. The van der Waals surface area contributed by atoms with Crippen molar-refractivity contribution >= 4 is 22.2 Å². The zero-order valence-electron chi connectivity index (χ0n) is 21.0. The van der Waals surface area contributed by atoms with Crippen LogP contribution in [0.15, 0.2) is 63.5 Å². The molecule has 0 amide bonds. The lowest BCUT2D eigenvalue weighted by atomic mass is 9.84. The second-order valence-electron chi connectivity index (χ2n) is 9.17. The second-order valence-corrected chi connectivity index (χ2v) is 10.7. The number of piperidine rings is 1. The van der Waals surface area contributed by atoms with E-state index in [1.54, 1.807) is 0 Å². The first-order valence-corrected chi connectivity index (χ1v) is 13.6. The maximum absolute atomic E-state index is 15.3.